The fourth-order valence-electron chi connectivity index (χ4n) is 5.38. The fourth-order valence-corrected chi connectivity index (χ4v) is 5.38. The van der Waals surface area contributed by atoms with Crippen LogP contribution in [0.25, 0.3) is 78.0 Å². The molecular weight excluding hydrogens is 496 g/mol. The summed E-state index contributed by atoms with van der Waals surface area (Å²) in [6, 6.07) is 37.6. The minimum Gasteiger partial charge on any atom is -0.456 e. The van der Waals surface area contributed by atoms with Gasteiger partial charge in [0.25, 0.3) is 0 Å². The summed E-state index contributed by atoms with van der Waals surface area (Å²) >= 11 is 0. The summed E-state index contributed by atoms with van der Waals surface area (Å²) < 4.78 is 12.6. The number of aromatic nitrogens is 3. The molecule has 8 rings (SSSR count). The van der Waals surface area contributed by atoms with Crippen molar-refractivity contribution in [3.63, 3.8) is 0 Å². The molecule has 0 radical (unpaired) electrons. The molecule has 6 heteroatoms. The van der Waals surface area contributed by atoms with E-state index in [4.69, 9.17) is 23.8 Å². The second-order valence-electron chi connectivity index (χ2n) is 9.53. The number of hydrogen-bond donors (Lipinski definition) is 0. The van der Waals surface area contributed by atoms with E-state index in [0.717, 1.165) is 43.8 Å². The SMILES string of the molecule is N#Cc1c2c(cc3oc4c(-c5nc(-c6ccccc6)nc(-c6ccccc6)n5)cccc4c13)oc1ccccc12. The molecule has 0 saturated heterocycles. The molecule has 3 heterocycles. The largest absolute Gasteiger partial charge is 0.456 e. The Morgan fingerprint density at radius 1 is 0.525 bits per heavy atom. The van der Waals surface area contributed by atoms with Gasteiger partial charge in [-0.3, -0.25) is 0 Å². The Morgan fingerprint density at radius 2 is 1.10 bits per heavy atom. The lowest BCUT2D eigenvalue weighted by molar-refractivity contribution is 0.656. The van der Waals surface area contributed by atoms with E-state index in [2.05, 4.69) is 6.07 Å². The van der Waals surface area contributed by atoms with Crippen molar-refractivity contribution in [1.82, 2.24) is 15.0 Å². The molecule has 0 fully saturated rings. The van der Waals surface area contributed by atoms with E-state index >= 15 is 0 Å². The van der Waals surface area contributed by atoms with Gasteiger partial charge in [-0.2, -0.15) is 5.26 Å². The number of nitrogens with zero attached hydrogens (tertiary/aromatic N) is 4. The van der Waals surface area contributed by atoms with Crippen molar-refractivity contribution in [2.24, 2.45) is 0 Å². The van der Waals surface area contributed by atoms with Gasteiger partial charge in [0.05, 0.1) is 11.1 Å². The number of nitriles is 1. The smallest absolute Gasteiger partial charge is 0.167 e. The first kappa shape index (κ1) is 22.2. The van der Waals surface area contributed by atoms with Crippen LogP contribution in [-0.2, 0) is 0 Å². The van der Waals surface area contributed by atoms with Crippen LogP contribution in [-0.4, -0.2) is 15.0 Å². The summed E-state index contributed by atoms with van der Waals surface area (Å²) in [7, 11) is 0. The first-order chi connectivity index (χ1) is 19.8. The second kappa shape index (κ2) is 8.62. The Hall–Kier alpha value is -5.80. The highest BCUT2D eigenvalue weighted by Crippen LogP contribution is 2.42. The van der Waals surface area contributed by atoms with Gasteiger partial charge in [0, 0.05) is 38.7 Å². The third-order valence-corrected chi connectivity index (χ3v) is 7.18. The summed E-state index contributed by atoms with van der Waals surface area (Å²) in [5.41, 5.74) is 5.55. The molecule has 0 saturated carbocycles. The van der Waals surface area contributed by atoms with Crippen molar-refractivity contribution in [3.05, 3.63) is 115 Å². The van der Waals surface area contributed by atoms with Gasteiger partial charge in [-0.25, -0.2) is 15.0 Å². The van der Waals surface area contributed by atoms with Crippen LogP contribution in [0.3, 0.4) is 0 Å². The number of furan rings is 2. The van der Waals surface area contributed by atoms with Crippen LogP contribution in [0.1, 0.15) is 5.56 Å². The Bertz CT molecular complexity index is 2220. The van der Waals surface area contributed by atoms with Gasteiger partial charge in [0.15, 0.2) is 17.5 Å². The molecule has 0 unspecified atom stereocenters. The van der Waals surface area contributed by atoms with E-state index in [1.54, 1.807) is 0 Å². The number of hydrogen-bond acceptors (Lipinski definition) is 6. The van der Waals surface area contributed by atoms with Gasteiger partial charge in [-0.05, 0) is 12.1 Å². The molecule has 0 aliphatic rings. The summed E-state index contributed by atoms with van der Waals surface area (Å²) in [5.74, 6) is 1.63. The first-order valence-corrected chi connectivity index (χ1v) is 12.9. The quantitative estimate of drug-likeness (QED) is 0.235. The molecule has 5 aromatic carbocycles. The number of fused-ring (bicyclic) bond motifs is 6. The van der Waals surface area contributed by atoms with E-state index in [-0.39, 0.29) is 0 Å². The average molecular weight is 515 g/mol. The van der Waals surface area contributed by atoms with E-state index in [9.17, 15) is 5.26 Å². The Morgan fingerprint density at radius 3 is 1.80 bits per heavy atom. The molecule has 0 bridgehead atoms. The molecule has 8 aromatic rings. The van der Waals surface area contributed by atoms with Crippen molar-refractivity contribution >= 4 is 43.9 Å². The van der Waals surface area contributed by atoms with Gasteiger partial charge in [-0.1, -0.05) is 91.0 Å². The summed E-state index contributed by atoms with van der Waals surface area (Å²) in [6.07, 6.45) is 0. The molecule has 3 aromatic heterocycles. The topological polar surface area (TPSA) is 88.7 Å². The predicted octanol–water partition coefficient (Wildman–Crippen LogP) is 8.54. The monoisotopic (exact) mass is 514 g/mol. The normalized spacial score (nSPS) is 11.5. The molecule has 40 heavy (non-hydrogen) atoms. The summed E-state index contributed by atoms with van der Waals surface area (Å²) in [6.45, 7) is 0. The Balaban J connectivity index is 1.43. The van der Waals surface area contributed by atoms with Crippen molar-refractivity contribution in [2.75, 3.05) is 0 Å². The number of para-hydroxylation sites is 2. The minimum atomic E-state index is 0.491. The Labute approximate surface area is 227 Å². The van der Waals surface area contributed by atoms with Gasteiger partial charge >= 0.3 is 0 Å². The zero-order valence-corrected chi connectivity index (χ0v) is 21.0. The molecule has 0 atom stereocenters. The van der Waals surface area contributed by atoms with Crippen LogP contribution < -0.4 is 0 Å². The molecule has 0 amide bonds. The lowest BCUT2D eigenvalue weighted by Crippen LogP contribution is -2.00. The zero-order valence-electron chi connectivity index (χ0n) is 21.0. The first-order valence-electron chi connectivity index (χ1n) is 12.9. The minimum absolute atomic E-state index is 0.491. The molecule has 0 spiro atoms. The standard InChI is InChI=1S/C34H18N4O2/c35-19-25-29-22-14-7-8-17-26(22)39-27(29)18-28-30(25)23-15-9-16-24(31(23)40-28)34-37-32(20-10-3-1-4-11-20)36-33(38-34)21-12-5-2-6-13-21/h1-18H. The molecule has 6 nitrogen and oxygen atoms in total. The maximum absolute atomic E-state index is 10.3. The van der Waals surface area contributed by atoms with Gasteiger partial charge in [0.2, 0.25) is 0 Å². The molecule has 0 aliphatic heterocycles. The van der Waals surface area contributed by atoms with Gasteiger partial charge in [-0.15, -0.1) is 0 Å². The van der Waals surface area contributed by atoms with Crippen LogP contribution in [0.15, 0.2) is 118 Å². The van der Waals surface area contributed by atoms with E-state index < -0.39 is 0 Å². The highest BCUT2D eigenvalue weighted by Gasteiger charge is 2.22. The Kier molecular flexibility index (Phi) is 4.78. The van der Waals surface area contributed by atoms with Gasteiger partial charge in [0.1, 0.15) is 28.4 Å². The van der Waals surface area contributed by atoms with Crippen LogP contribution in [0.5, 0.6) is 0 Å². The van der Waals surface area contributed by atoms with Crippen molar-refractivity contribution in [2.45, 2.75) is 0 Å². The maximum Gasteiger partial charge on any atom is 0.167 e. The van der Waals surface area contributed by atoms with E-state index in [0.29, 0.717) is 39.8 Å². The van der Waals surface area contributed by atoms with Crippen LogP contribution in [0, 0.1) is 11.3 Å². The lowest BCUT2D eigenvalue weighted by Gasteiger charge is -2.08. The fraction of sp³-hybridized carbons (Fsp3) is 0. The summed E-state index contributed by atoms with van der Waals surface area (Å²) in [5, 5.41) is 13.6. The third kappa shape index (κ3) is 3.32. The summed E-state index contributed by atoms with van der Waals surface area (Å²) in [4.78, 5) is 14.6. The van der Waals surface area contributed by atoms with E-state index in [1.165, 1.54) is 0 Å². The predicted molar refractivity (Wildman–Crippen MR) is 155 cm³/mol. The van der Waals surface area contributed by atoms with Crippen LogP contribution in [0.2, 0.25) is 0 Å². The van der Waals surface area contributed by atoms with Gasteiger partial charge < -0.3 is 8.83 Å². The van der Waals surface area contributed by atoms with Crippen LogP contribution in [0.4, 0.5) is 0 Å². The lowest BCUT2D eigenvalue weighted by atomic mass is 10.00. The zero-order chi connectivity index (χ0) is 26.6. The highest BCUT2D eigenvalue weighted by atomic mass is 16.3. The average Bonchev–Trinajstić information content (AvgIpc) is 3.58. The maximum atomic E-state index is 10.3. The second-order valence-corrected chi connectivity index (χ2v) is 9.53. The molecule has 0 N–H and O–H groups in total. The van der Waals surface area contributed by atoms with Crippen LogP contribution >= 0.6 is 0 Å². The highest BCUT2D eigenvalue weighted by molar-refractivity contribution is 6.20. The molecular formula is C34H18N4O2. The van der Waals surface area contributed by atoms with E-state index in [1.807, 2.05) is 109 Å². The van der Waals surface area contributed by atoms with Crippen molar-refractivity contribution < 1.29 is 8.83 Å². The third-order valence-electron chi connectivity index (χ3n) is 7.18. The van der Waals surface area contributed by atoms with Crippen molar-refractivity contribution in [3.8, 4) is 40.2 Å². The number of rotatable bonds is 3. The molecule has 0 aliphatic carbocycles. The number of benzene rings is 5. The van der Waals surface area contributed by atoms with Crippen molar-refractivity contribution in [1.29, 1.82) is 5.26 Å². The molecule has 186 valence electrons.